The molecule has 0 saturated carbocycles. The van der Waals surface area contributed by atoms with E-state index in [1.165, 1.54) is 0 Å². The summed E-state index contributed by atoms with van der Waals surface area (Å²) in [6.45, 7) is 5.44. The number of benzene rings is 1. The summed E-state index contributed by atoms with van der Waals surface area (Å²) in [5.41, 5.74) is 6.37. The molecule has 0 amide bonds. The molecule has 2 rings (SSSR count). The largest absolute Gasteiger partial charge is 0.496 e. The van der Waals surface area contributed by atoms with Crippen LogP contribution in [-0.2, 0) is 16.6 Å². The summed E-state index contributed by atoms with van der Waals surface area (Å²) in [4.78, 5) is 0.284. The van der Waals surface area contributed by atoms with Gasteiger partial charge in [0.25, 0.3) is 0 Å². The highest BCUT2D eigenvalue weighted by Gasteiger charge is 2.34. The lowest BCUT2D eigenvalue weighted by Crippen LogP contribution is -2.46. The third-order valence-corrected chi connectivity index (χ3v) is 6.64. The molecule has 1 aromatic rings. The predicted molar refractivity (Wildman–Crippen MR) is 86.2 cm³/mol. The van der Waals surface area contributed by atoms with E-state index in [1.54, 1.807) is 41.4 Å². The maximum Gasteiger partial charge on any atom is 0.243 e. The Hall–Kier alpha value is -0.760. The molecule has 1 saturated heterocycles. The second-order valence-corrected chi connectivity index (χ2v) is 9.36. The van der Waals surface area contributed by atoms with Crippen LogP contribution >= 0.6 is 11.8 Å². The molecule has 7 heteroatoms. The Morgan fingerprint density at radius 2 is 2.14 bits per heavy atom. The van der Waals surface area contributed by atoms with Crippen molar-refractivity contribution in [3.8, 4) is 5.75 Å². The van der Waals surface area contributed by atoms with Crippen molar-refractivity contribution in [3.05, 3.63) is 23.8 Å². The number of methoxy groups -OCH3 is 1. The molecule has 5 nitrogen and oxygen atoms in total. The van der Waals surface area contributed by atoms with Crippen molar-refractivity contribution in [1.29, 1.82) is 0 Å². The average molecular weight is 330 g/mol. The molecule has 0 unspecified atom stereocenters. The number of rotatable bonds is 4. The number of nitrogens with zero attached hydrogens (tertiary/aromatic N) is 1. The van der Waals surface area contributed by atoms with E-state index in [0.29, 0.717) is 24.4 Å². The third kappa shape index (κ3) is 3.53. The summed E-state index contributed by atoms with van der Waals surface area (Å²) >= 11 is 1.80. The lowest BCUT2D eigenvalue weighted by atomic mass is 10.2. The molecule has 1 aliphatic rings. The van der Waals surface area contributed by atoms with Crippen LogP contribution in [0.1, 0.15) is 19.4 Å². The van der Waals surface area contributed by atoms with Gasteiger partial charge in [-0.1, -0.05) is 0 Å². The fourth-order valence-electron chi connectivity index (χ4n) is 2.40. The quantitative estimate of drug-likeness (QED) is 0.909. The monoisotopic (exact) mass is 330 g/mol. The van der Waals surface area contributed by atoms with E-state index in [2.05, 4.69) is 13.8 Å². The van der Waals surface area contributed by atoms with E-state index in [0.717, 1.165) is 5.75 Å². The molecule has 1 aromatic carbocycles. The first-order valence-electron chi connectivity index (χ1n) is 6.81. The van der Waals surface area contributed by atoms with Crippen molar-refractivity contribution in [2.45, 2.75) is 30.0 Å². The summed E-state index contributed by atoms with van der Waals surface area (Å²) in [6, 6.07) is 4.86. The Bertz CT molecular complexity index is 615. The van der Waals surface area contributed by atoms with Crippen molar-refractivity contribution >= 4 is 21.8 Å². The fraction of sp³-hybridized carbons (Fsp3) is 0.571. The molecule has 0 atom stereocenters. The Labute approximate surface area is 130 Å². The number of sulfonamides is 1. The molecular weight excluding hydrogens is 308 g/mol. The molecule has 0 aromatic heterocycles. The van der Waals surface area contributed by atoms with Crippen molar-refractivity contribution in [2.24, 2.45) is 5.73 Å². The zero-order chi connectivity index (χ0) is 15.7. The molecule has 2 N–H and O–H groups in total. The van der Waals surface area contributed by atoms with Crippen molar-refractivity contribution in [3.63, 3.8) is 0 Å². The number of thioether (sulfide) groups is 1. The van der Waals surface area contributed by atoms with Crippen molar-refractivity contribution in [2.75, 3.05) is 26.0 Å². The summed E-state index contributed by atoms with van der Waals surface area (Å²) in [7, 11) is -1.93. The van der Waals surface area contributed by atoms with E-state index < -0.39 is 10.0 Å². The summed E-state index contributed by atoms with van der Waals surface area (Å²) < 4.78 is 32.2. The maximum absolute atomic E-state index is 12.8. The topological polar surface area (TPSA) is 72.6 Å². The number of nitrogens with two attached hydrogens (primary N) is 1. The first-order valence-corrected chi connectivity index (χ1v) is 9.24. The van der Waals surface area contributed by atoms with Gasteiger partial charge < -0.3 is 10.5 Å². The zero-order valence-electron chi connectivity index (χ0n) is 12.6. The predicted octanol–water partition coefficient (Wildman–Crippen LogP) is 1.67. The average Bonchev–Trinajstić information content (AvgIpc) is 2.45. The van der Waals surface area contributed by atoms with E-state index in [9.17, 15) is 8.42 Å². The van der Waals surface area contributed by atoms with E-state index >= 15 is 0 Å². The smallest absolute Gasteiger partial charge is 0.243 e. The standard InChI is InChI=1S/C14H22N2O3S2/c1-14(2)10-16(6-7-20-14)21(17,18)12-4-5-13(19-3)11(8-12)9-15/h4-5,8H,6-7,9-10,15H2,1-3H3. The minimum absolute atomic E-state index is 0.0610. The van der Waals surface area contributed by atoms with Gasteiger partial charge in [0.2, 0.25) is 10.0 Å². The molecular formula is C14H22N2O3S2. The van der Waals surface area contributed by atoms with Crippen LogP contribution in [0.2, 0.25) is 0 Å². The minimum atomic E-state index is -3.48. The van der Waals surface area contributed by atoms with E-state index in [4.69, 9.17) is 10.5 Å². The molecule has 0 radical (unpaired) electrons. The molecule has 1 fully saturated rings. The van der Waals surface area contributed by atoms with Crippen LogP contribution in [0.15, 0.2) is 23.1 Å². The lowest BCUT2D eigenvalue weighted by Gasteiger charge is -2.36. The Morgan fingerprint density at radius 3 is 2.71 bits per heavy atom. The lowest BCUT2D eigenvalue weighted by molar-refractivity contribution is 0.387. The molecule has 118 valence electrons. The Balaban J connectivity index is 2.35. The number of hydrogen-bond acceptors (Lipinski definition) is 5. The molecule has 0 spiro atoms. The van der Waals surface area contributed by atoms with Gasteiger partial charge in [-0.25, -0.2) is 8.42 Å². The molecule has 1 heterocycles. The van der Waals surface area contributed by atoms with Crippen LogP contribution in [0.5, 0.6) is 5.75 Å². The van der Waals surface area contributed by atoms with Gasteiger partial charge in [-0.05, 0) is 32.0 Å². The third-order valence-electron chi connectivity index (χ3n) is 3.50. The van der Waals surface area contributed by atoms with Gasteiger partial charge in [0.15, 0.2) is 0 Å². The number of hydrogen-bond donors (Lipinski definition) is 1. The summed E-state index contributed by atoms with van der Waals surface area (Å²) in [5.74, 6) is 1.43. The van der Waals surface area contributed by atoms with Crippen LogP contribution in [0.3, 0.4) is 0 Å². The molecule has 0 bridgehead atoms. The highest BCUT2D eigenvalue weighted by molar-refractivity contribution is 8.00. The fourth-order valence-corrected chi connectivity index (χ4v) is 5.36. The SMILES string of the molecule is COc1ccc(S(=O)(=O)N2CCSC(C)(C)C2)cc1CN. The van der Waals surface area contributed by atoms with Gasteiger partial charge in [-0.3, -0.25) is 0 Å². The van der Waals surface area contributed by atoms with Gasteiger partial charge in [0.05, 0.1) is 12.0 Å². The second kappa shape index (κ2) is 6.16. The van der Waals surface area contributed by atoms with Crippen LogP contribution in [-0.4, -0.2) is 43.4 Å². The summed E-state index contributed by atoms with van der Waals surface area (Å²) in [6.07, 6.45) is 0. The van der Waals surface area contributed by atoms with E-state index in [1.807, 2.05) is 0 Å². The molecule has 0 aliphatic carbocycles. The van der Waals surface area contributed by atoms with Gasteiger partial charge in [-0.2, -0.15) is 16.1 Å². The van der Waals surface area contributed by atoms with Gasteiger partial charge in [0.1, 0.15) is 5.75 Å². The Morgan fingerprint density at radius 1 is 1.43 bits per heavy atom. The minimum Gasteiger partial charge on any atom is -0.496 e. The van der Waals surface area contributed by atoms with Crippen molar-refractivity contribution in [1.82, 2.24) is 4.31 Å². The highest BCUT2D eigenvalue weighted by atomic mass is 32.2. The van der Waals surface area contributed by atoms with Gasteiger partial charge >= 0.3 is 0 Å². The van der Waals surface area contributed by atoms with Crippen LogP contribution in [0.4, 0.5) is 0 Å². The number of ether oxygens (including phenoxy) is 1. The zero-order valence-corrected chi connectivity index (χ0v) is 14.3. The normalized spacial score (nSPS) is 19.4. The summed E-state index contributed by atoms with van der Waals surface area (Å²) in [5, 5.41) is 0. The highest BCUT2D eigenvalue weighted by Crippen LogP contribution is 2.33. The van der Waals surface area contributed by atoms with Crippen molar-refractivity contribution < 1.29 is 13.2 Å². The first-order chi connectivity index (χ1) is 9.80. The molecule has 21 heavy (non-hydrogen) atoms. The van der Waals surface area contributed by atoms with Crippen LogP contribution in [0, 0.1) is 0 Å². The van der Waals surface area contributed by atoms with Gasteiger partial charge in [0, 0.05) is 35.7 Å². The second-order valence-electron chi connectivity index (χ2n) is 5.62. The van der Waals surface area contributed by atoms with Crippen LogP contribution < -0.4 is 10.5 Å². The van der Waals surface area contributed by atoms with Crippen LogP contribution in [0.25, 0.3) is 0 Å². The van der Waals surface area contributed by atoms with Gasteiger partial charge in [-0.15, -0.1) is 0 Å². The molecule has 1 aliphatic heterocycles. The maximum atomic E-state index is 12.8. The Kier molecular flexibility index (Phi) is 4.87. The first kappa shape index (κ1) is 16.6. The van der Waals surface area contributed by atoms with E-state index in [-0.39, 0.29) is 16.2 Å².